The van der Waals surface area contributed by atoms with Crippen LogP contribution >= 0.6 is 0 Å². The molecule has 0 spiro atoms. The molecule has 0 amide bonds. The summed E-state index contributed by atoms with van der Waals surface area (Å²) >= 11 is 0. The fraction of sp³-hybridized carbons (Fsp3) is 0.118. The van der Waals surface area contributed by atoms with Gasteiger partial charge in [-0.2, -0.15) is 0 Å². The molecule has 1 heterocycles. The molecule has 0 unspecified atom stereocenters. The Labute approximate surface area is 127 Å². The van der Waals surface area contributed by atoms with E-state index in [-0.39, 0.29) is 5.69 Å². The number of para-hydroxylation sites is 1. The van der Waals surface area contributed by atoms with Crippen LogP contribution in [0.2, 0.25) is 0 Å². The fourth-order valence-corrected chi connectivity index (χ4v) is 2.38. The van der Waals surface area contributed by atoms with Crippen molar-refractivity contribution in [3.8, 4) is 0 Å². The maximum Gasteiger partial charge on any atom is 0.269 e. The van der Waals surface area contributed by atoms with E-state index in [1.54, 1.807) is 18.3 Å². The molecule has 3 rings (SSSR count). The molecule has 5 heteroatoms. The van der Waals surface area contributed by atoms with Gasteiger partial charge in [0.05, 0.1) is 4.92 Å². The van der Waals surface area contributed by atoms with Crippen molar-refractivity contribution in [2.75, 3.05) is 6.54 Å². The molecule has 0 aliphatic rings. The number of aromatic amines is 1. The quantitative estimate of drug-likeness (QED) is 0.442. The standard InChI is InChI=1S/C17H15N3O2/c21-20(22)15-7-5-13(6-8-15)11-18-10-9-14-12-19-17-4-2-1-3-16(14)17/h1-8,11-12,19H,9-10H2. The largest absolute Gasteiger partial charge is 0.361 e. The highest BCUT2D eigenvalue weighted by atomic mass is 16.6. The molecule has 0 atom stereocenters. The van der Waals surface area contributed by atoms with Gasteiger partial charge < -0.3 is 4.98 Å². The maximum atomic E-state index is 10.6. The SMILES string of the molecule is O=[N+]([O-])c1ccc(C=NCCc2c[nH]c3ccccc23)cc1. The highest BCUT2D eigenvalue weighted by molar-refractivity contribution is 5.83. The second-order valence-corrected chi connectivity index (χ2v) is 4.99. The molecule has 0 fully saturated rings. The summed E-state index contributed by atoms with van der Waals surface area (Å²) in [5.41, 5.74) is 3.34. The van der Waals surface area contributed by atoms with E-state index < -0.39 is 4.92 Å². The monoisotopic (exact) mass is 293 g/mol. The number of benzene rings is 2. The van der Waals surface area contributed by atoms with E-state index in [1.807, 2.05) is 18.3 Å². The van der Waals surface area contributed by atoms with Crippen LogP contribution < -0.4 is 0 Å². The Morgan fingerprint density at radius 1 is 1.14 bits per heavy atom. The van der Waals surface area contributed by atoms with E-state index in [0.29, 0.717) is 6.54 Å². The third-order valence-electron chi connectivity index (χ3n) is 3.53. The lowest BCUT2D eigenvalue weighted by Crippen LogP contribution is -1.91. The molecule has 0 saturated carbocycles. The minimum absolute atomic E-state index is 0.0935. The van der Waals surface area contributed by atoms with Crippen molar-refractivity contribution in [1.82, 2.24) is 4.98 Å². The van der Waals surface area contributed by atoms with Gasteiger partial charge in [0, 0.05) is 42.0 Å². The van der Waals surface area contributed by atoms with Crippen LogP contribution in [0.5, 0.6) is 0 Å². The number of fused-ring (bicyclic) bond motifs is 1. The number of nitrogens with one attached hydrogen (secondary N) is 1. The van der Waals surface area contributed by atoms with Crippen molar-refractivity contribution >= 4 is 22.8 Å². The number of nitrogens with zero attached hydrogens (tertiary/aromatic N) is 2. The number of nitro benzene ring substituents is 1. The lowest BCUT2D eigenvalue weighted by molar-refractivity contribution is -0.384. The van der Waals surface area contributed by atoms with Crippen molar-refractivity contribution < 1.29 is 4.92 Å². The van der Waals surface area contributed by atoms with E-state index in [1.165, 1.54) is 23.1 Å². The van der Waals surface area contributed by atoms with E-state index in [4.69, 9.17) is 0 Å². The normalized spacial score (nSPS) is 11.3. The van der Waals surface area contributed by atoms with Gasteiger partial charge in [0.25, 0.3) is 5.69 Å². The molecular formula is C17H15N3O2. The van der Waals surface area contributed by atoms with Gasteiger partial charge in [-0.3, -0.25) is 15.1 Å². The first kappa shape index (κ1) is 14.0. The molecule has 0 saturated heterocycles. The van der Waals surface area contributed by atoms with Gasteiger partial charge in [-0.15, -0.1) is 0 Å². The molecule has 5 nitrogen and oxygen atoms in total. The van der Waals surface area contributed by atoms with Crippen LogP contribution in [0, 0.1) is 10.1 Å². The van der Waals surface area contributed by atoms with E-state index in [2.05, 4.69) is 22.1 Å². The van der Waals surface area contributed by atoms with Crippen molar-refractivity contribution in [1.29, 1.82) is 0 Å². The minimum Gasteiger partial charge on any atom is -0.361 e. The summed E-state index contributed by atoms with van der Waals surface area (Å²) in [5, 5.41) is 11.8. The number of H-pyrrole nitrogens is 1. The molecule has 0 aliphatic heterocycles. The predicted octanol–water partition coefficient (Wildman–Crippen LogP) is 3.74. The average molecular weight is 293 g/mol. The number of aromatic nitrogens is 1. The van der Waals surface area contributed by atoms with Gasteiger partial charge in [0.15, 0.2) is 0 Å². The minimum atomic E-state index is -0.405. The summed E-state index contributed by atoms with van der Waals surface area (Å²) in [5.74, 6) is 0. The van der Waals surface area contributed by atoms with E-state index in [0.717, 1.165) is 17.5 Å². The zero-order valence-electron chi connectivity index (χ0n) is 11.9. The third-order valence-corrected chi connectivity index (χ3v) is 3.53. The average Bonchev–Trinajstić information content (AvgIpc) is 2.95. The van der Waals surface area contributed by atoms with Crippen LogP contribution in [-0.4, -0.2) is 22.7 Å². The molecule has 110 valence electrons. The Hall–Kier alpha value is -2.95. The zero-order valence-corrected chi connectivity index (χ0v) is 11.9. The molecule has 2 aromatic carbocycles. The Morgan fingerprint density at radius 2 is 1.91 bits per heavy atom. The molecule has 1 N–H and O–H groups in total. The van der Waals surface area contributed by atoms with Crippen LogP contribution in [0.3, 0.4) is 0 Å². The predicted molar refractivity (Wildman–Crippen MR) is 87.6 cm³/mol. The topological polar surface area (TPSA) is 71.3 Å². The zero-order chi connectivity index (χ0) is 15.4. The third kappa shape index (κ3) is 3.03. The molecule has 0 aliphatic carbocycles. The first-order valence-electron chi connectivity index (χ1n) is 7.03. The second kappa shape index (κ2) is 6.22. The molecule has 3 aromatic rings. The summed E-state index contributed by atoms with van der Waals surface area (Å²) in [6.45, 7) is 0.679. The smallest absolute Gasteiger partial charge is 0.269 e. The second-order valence-electron chi connectivity index (χ2n) is 4.99. The van der Waals surface area contributed by atoms with Gasteiger partial charge in [-0.05, 0) is 35.7 Å². The lowest BCUT2D eigenvalue weighted by atomic mass is 10.1. The summed E-state index contributed by atoms with van der Waals surface area (Å²) in [6, 6.07) is 14.6. The summed E-state index contributed by atoms with van der Waals surface area (Å²) in [4.78, 5) is 17.8. The molecular weight excluding hydrogens is 278 g/mol. The molecule has 0 bridgehead atoms. The van der Waals surface area contributed by atoms with Crippen LogP contribution in [0.1, 0.15) is 11.1 Å². The maximum absolute atomic E-state index is 10.6. The number of hydrogen-bond acceptors (Lipinski definition) is 3. The fourth-order valence-electron chi connectivity index (χ4n) is 2.38. The van der Waals surface area contributed by atoms with E-state index >= 15 is 0 Å². The Balaban J connectivity index is 1.61. The number of nitro groups is 1. The van der Waals surface area contributed by atoms with Gasteiger partial charge in [-0.1, -0.05) is 18.2 Å². The Bertz CT molecular complexity index is 819. The first-order valence-corrected chi connectivity index (χ1v) is 7.03. The van der Waals surface area contributed by atoms with Gasteiger partial charge in [-0.25, -0.2) is 0 Å². The van der Waals surface area contributed by atoms with Crippen molar-refractivity contribution in [2.45, 2.75) is 6.42 Å². The highest BCUT2D eigenvalue weighted by Gasteiger charge is 2.03. The Kier molecular flexibility index (Phi) is 3.96. The molecule has 1 aromatic heterocycles. The number of rotatable bonds is 5. The van der Waals surface area contributed by atoms with Gasteiger partial charge in [0.1, 0.15) is 0 Å². The summed E-state index contributed by atoms with van der Waals surface area (Å²) in [7, 11) is 0. The molecule has 0 radical (unpaired) electrons. The highest BCUT2D eigenvalue weighted by Crippen LogP contribution is 2.18. The number of non-ortho nitro benzene ring substituents is 1. The van der Waals surface area contributed by atoms with Crippen LogP contribution in [-0.2, 0) is 6.42 Å². The van der Waals surface area contributed by atoms with Crippen molar-refractivity contribution in [3.05, 3.63) is 76.0 Å². The molecule has 22 heavy (non-hydrogen) atoms. The van der Waals surface area contributed by atoms with Gasteiger partial charge >= 0.3 is 0 Å². The summed E-state index contributed by atoms with van der Waals surface area (Å²) < 4.78 is 0. The first-order chi connectivity index (χ1) is 10.7. The lowest BCUT2D eigenvalue weighted by Gasteiger charge is -1.96. The van der Waals surface area contributed by atoms with Crippen LogP contribution in [0.15, 0.2) is 59.7 Å². The van der Waals surface area contributed by atoms with Gasteiger partial charge in [0.2, 0.25) is 0 Å². The Morgan fingerprint density at radius 3 is 2.68 bits per heavy atom. The number of hydrogen-bond donors (Lipinski definition) is 1. The van der Waals surface area contributed by atoms with Crippen molar-refractivity contribution in [2.24, 2.45) is 4.99 Å². The van der Waals surface area contributed by atoms with Crippen molar-refractivity contribution in [3.63, 3.8) is 0 Å². The van der Waals surface area contributed by atoms with Crippen LogP contribution in [0.4, 0.5) is 5.69 Å². The van der Waals surface area contributed by atoms with Crippen LogP contribution in [0.25, 0.3) is 10.9 Å². The van der Waals surface area contributed by atoms with E-state index in [9.17, 15) is 10.1 Å². The summed E-state index contributed by atoms with van der Waals surface area (Å²) in [6.07, 6.45) is 4.62. The number of aliphatic imine (C=N–C) groups is 1.